The van der Waals surface area contributed by atoms with Gasteiger partial charge >= 0.3 is 0 Å². The van der Waals surface area contributed by atoms with Crippen LogP contribution in [0.1, 0.15) is 37.0 Å². The van der Waals surface area contributed by atoms with Gasteiger partial charge in [0.05, 0.1) is 19.3 Å². The van der Waals surface area contributed by atoms with Crippen molar-refractivity contribution < 1.29 is 23.7 Å². The minimum atomic E-state index is -1.47. The van der Waals surface area contributed by atoms with Crippen molar-refractivity contribution >= 4 is 0 Å². The molecule has 1 aliphatic rings. The third-order valence-electron chi connectivity index (χ3n) is 4.89. The predicted octanol–water partition coefficient (Wildman–Crippen LogP) is 4.12. The second-order valence-electron chi connectivity index (χ2n) is 7.21. The van der Waals surface area contributed by atoms with Crippen LogP contribution in [-0.2, 0) is 27.4 Å². The van der Waals surface area contributed by atoms with E-state index >= 15 is 0 Å². The van der Waals surface area contributed by atoms with Crippen LogP contribution in [-0.4, -0.2) is 29.2 Å². The summed E-state index contributed by atoms with van der Waals surface area (Å²) in [5.41, 5.74) is 2.62. The summed E-state index contributed by atoms with van der Waals surface area (Å²) in [5.74, 6) is -1.78. The molecule has 5 heteroatoms. The quantitative estimate of drug-likeness (QED) is 0.792. The minimum Gasteiger partial charge on any atom is -0.368 e. The van der Waals surface area contributed by atoms with Crippen LogP contribution in [0.3, 0.4) is 0 Å². The van der Waals surface area contributed by atoms with E-state index in [4.69, 9.17) is 14.2 Å². The number of benzene rings is 2. The lowest BCUT2D eigenvalue weighted by molar-refractivity contribution is -0.228. The van der Waals surface area contributed by atoms with E-state index < -0.39 is 18.0 Å². The molecule has 27 heavy (non-hydrogen) atoms. The molecule has 2 aromatic rings. The summed E-state index contributed by atoms with van der Waals surface area (Å²) in [5, 5.41) is 10.7. The molecule has 1 N–H and O–H groups in total. The Balaban J connectivity index is 1.72. The zero-order chi connectivity index (χ0) is 19.4. The molecule has 0 amide bonds. The molecule has 0 aromatic heterocycles. The molecular formula is C22H27FO4. The van der Waals surface area contributed by atoms with Gasteiger partial charge in [-0.25, -0.2) is 4.39 Å². The molecular weight excluding hydrogens is 347 g/mol. The van der Waals surface area contributed by atoms with Crippen molar-refractivity contribution in [3.05, 3.63) is 71.0 Å². The van der Waals surface area contributed by atoms with Gasteiger partial charge in [-0.3, -0.25) is 0 Å². The average molecular weight is 374 g/mol. The molecule has 1 heterocycles. The third kappa shape index (κ3) is 4.74. The van der Waals surface area contributed by atoms with Crippen LogP contribution < -0.4 is 0 Å². The Bertz CT molecular complexity index is 761. The van der Waals surface area contributed by atoms with E-state index in [1.165, 1.54) is 6.07 Å². The van der Waals surface area contributed by atoms with Gasteiger partial charge in [-0.15, -0.1) is 0 Å². The molecule has 0 radical (unpaired) electrons. The van der Waals surface area contributed by atoms with Gasteiger partial charge in [-0.05, 0) is 31.9 Å². The van der Waals surface area contributed by atoms with E-state index in [9.17, 15) is 9.50 Å². The lowest BCUT2D eigenvalue weighted by atomic mass is 10.0. The lowest BCUT2D eigenvalue weighted by Gasteiger charge is -2.27. The van der Waals surface area contributed by atoms with Gasteiger partial charge in [0.15, 0.2) is 5.79 Å². The maximum Gasteiger partial charge on any atom is 0.192 e. The van der Waals surface area contributed by atoms with Crippen LogP contribution in [0.15, 0.2) is 48.5 Å². The van der Waals surface area contributed by atoms with Crippen LogP contribution in [0.5, 0.6) is 0 Å². The largest absolute Gasteiger partial charge is 0.368 e. The summed E-state index contributed by atoms with van der Waals surface area (Å²) < 4.78 is 31.7. The summed E-state index contributed by atoms with van der Waals surface area (Å²) in [7, 11) is 0. The first-order valence-electron chi connectivity index (χ1n) is 9.33. The maximum absolute atomic E-state index is 13.9. The fraction of sp³-hybridized carbons (Fsp3) is 0.455. The molecule has 1 fully saturated rings. The monoisotopic (exact) mass is 374 g/mol. The van der Waals surface area contributed by atoms with E-state index in [0.717, 1.165) is 11.1 Å². The average Bonchev–Trinajstić information content (AvgIpc) is 2.89. The second kappa shape index (κ2) is 8.48. The zero-order valence-electron chi connectivity index (χ0n) is 16.0. The minimum absolute atomic E-state index is 0.0948. The molecule has 0 bridgehead atoms. The van der Waals surface area contributed by atoms with E-state index in [1.807, 2.05) is 38.1 Å². The van der Waals surface area contributed by atoms with E-state index in [1.54, 1.807) is 25.1 Å². The van der Waals surface area contributed by atoms with Gasteiger partial charge in [-0.2, -0.15) is 0 Å². The number of aryl methyl sites for hydroxylation is 1. The standard InChI is InChI=1S/C22H27FO4/c1-4-19-20(25-14-17-10-5-6-11-18(17)23)21(22(3,24)27-19)26-13-16-9-7-8-15(2)12-16/h5-12,19-21,24H,4,13-14H2,1-3H3/t19-,20+,21-,22?/m1/s1. The second-order valence-corrected chi connectivity index (χ2v) is 7.21. The number of aliphatic hydroxyl groups is 1. The number of rotatable bonds is 7. The molecule has 146 valence electrons. The Labute approximate surface area is 159 Å². The van der Waals surface area contributed by atoms with Crippen LogP contribution in [0.4, 0.5) is 4.39 Å². The van der Waals surface area contributed by atoms with Gasteiger partial charge in [-0.1, -0.05) is 55.0 Å². The van der Waals surface area contributed by atoms with E-state index in [2.05, 4.69) is 0 Å². The molecule has 2 aromatic carbocycles. The van der Waals surface area contributed by atoms with Crippen molar-refractivity contribution in [1.82, 2.24) is 0 Å². The Kier molecular flexibility index (Phi) is 6.27. The smallest absolute Gasteiger partial charge is 0.192 e. The Morgan fingerprint density at radius 1 is 1.11 bits per heavy atom. The Hall–Kier alpha value is -1.79. The maximum atomic E-state index is 13.9. The van der Waals surface area contributed by atoms with Crippen molar-refractivity contribution in [2.45, 2.75) is 64.5 Å². The topological polar surface area (TPSA) is 47.9 Å². The molecule has 0 spiro atoms. The molecule has 1 saturated heterocycles. The Morgan fingerprint density at radius 2 is 1.89 bits per heavy atom. The number of hydrogen-bond donors (Lipinski definition) is 1. The summed E-state index contributed by atoms with van der Waals surface area (Å²) in [6, 6.07) is 14.5. The van der Waals surface area contributed by atoms with Crippen LogP contribution in [0, 0.1) is 12.7 Å². The van der Waals surface area contributed by atoms with Gasteiger partial charge in [0.25, 0.3) is 0 Å². The van der Waals surface area contributed by atoms with Gasteiger partial charge < -0.3 is 19.3 Å². The SMILES string of the molecule is CC[C@H]1OC(C)(O)[C@H](OCc2cccc(C)c2)[C@H]1OCc1ccccc1F. The Morgan fingerprint density at radius 3 is 2.59 bits per heavy atom. The van der Waals surface area contributed by atoms with Crippen molar-refractivity contribution in [2.75, 3.05) is 0 Å². The highest BCUT2D eigenvalue weighted by Gasteiger charge is 2.52. The van der Waals surface area contributed by atoms with Gasteiger partial charge in [0.2, 0.25) is 0 Å². The molecule has 0 saturated carbocycles. The number of hydrogen-bond acceptors (Lipinski definition) is 4. The zero-order valence-corrected chi connectivity index (χ0v) is 16.0. The summed E-state index contributed by atoms with van der Waals surface area (Å²) in [4.78, 5) is 0. The van der Waals surface area contributed by atoms with Crippen LogP contribution in [0.2, 0.25) is 0 Å². The highest BCUT2D eigenvalue weighted by molar-refractivity contribution is 5.21. The normalized spacial score (nSPS) is 27.8. The molecule has 4 atom stereocenters. The van der Waals surface area contributed by atoms with E-state index in [-0.39, 0.29) is 18.5 Å². The van der Waals surface area contributed by atoms with Crippen LogP contribution >= 0.6 is 0 Å². The third-order valence-corrected chi connectivity index (χ3v) is 4.89. The molecule has 1 unspecified atom stereocenters. The molecule has 1 aliphatic heterocycles. The van der Waals surface area contributed by atoms with Crippen molar-refractivity contribution in [1.29, 1.82) is 0 Å². The van der Waals surface area contributed by atoms with Crippen molar-refractivity contribution in [2.24, 2.45) is 0 Å². The van der Waals surface area contributed by atoms with Gasteiger partial charge in [0.1, 0.15) is 18.0 Å². The highest BCUT2D eigenvalue weighted by atomic mass is 19.1. The number of ether oxygens (including phenoxy) is 3. The van der Waals surface area contributed by atoms with E-state index in [0.29, 0.717) is 18.6 Å². The molecule has 3 rings (SSSR count). The summed E-state index contributed by atoms with van der Waals surface area (Å²) in [6.45, 7) is 6.00. The van der Waals surface area contributed by atoms with Crippen molar-refractivity contribution in [3.63, 3.8) is 0 Å². The van der Waals surface area contributed by atoms with Gasteiger partial charge in [0, 0.05) is 5.56 Å². The van der Waals surface area contributed by atoms with Crippen molar-refractivity contribution in [3.8, 4) is 0 Å². The first kappa shape index (κ1) is 20.0. The fourth-order valence-electron chi connectivity index (χ4n) is 3.49. The summed E-state index contributed by atoms with van der Waals surface area (Å²) in [6.07, 6.45) is -0.832. The molecule has 0 aliphatic carbocycles. The first-order chi connectivity index (χ1) is 12.9. The first-order valence-corrected chi connectivity index (χ1v) is 9.33. The number of halogens is 1. The highest BCUT2D eigenvalue weighted by Crippen LogP contribution is 2.35. The van der Waals surface area contributed by atoms with Crippen LogP contribution in [0.25, 0.3) is 0 Å². The lowest BCUT2D eigenvalue weighted by Crippen LogP contribution is -2.43. The summed E-state index contributed by atoms with van der Waals surface area (Å²) >= 11 is 0. The fourth-order valence-corrected chi connectivity index (χ4v) is 3.49. The molecule has 4 nitrogen and oxygen atoms in total. The predicted molar refractivity (Wildman–Crippen MR) is 101 cm³/mol.